The molecule has 1 amide bonds. The van der Waals surface area contributed by atoms with Crippen LogP contribution in [0.2, 0.25) is 0 Å². The number of nitrogens with zero attached hydrogens (tertiary/aromatic N) is 5. The van der Waals surface area contributed by atoms with Crippen molar-refractivity contribution in [2.45, 2.75) is 58.5 Å². The van der Waals surface area contributed by atoms with Gasteiger partial charge in [0.15, 0.2) is 5.65 Å². The van der Waals surface area contributed by atoms with Crippen LogP contribution in [0.4, 0.5) is 0 Å². The summed E-state index contributed by atoms with van der Waals surface area (Å²) in [6.07, 6.45) is 4.51. The zero-order valence-corrected chi connectivity index (χ0v) is 21.1. The fraction of sp³-hybridized carbons (Fsp3) is 0.500. The normalized spacial score (nSPS) is 17.1. The van der Waals surface area contributed by atoms with Crippen molar-refractivity contribution in [3.05, 3.63) is 57.3 Å². The number of hydrogen-bond donors (Lipinski definition) is 0. The lowest BCUT2D eigenvalue weighted by Crippen LogP contribution is -2.48. The molecule has 0 unspecified atom stereocenters. The van der Waals surface area contributed by atoms with Crippen LogP contribution in [0.25, 0.3) is 11.0 Å². The molecule has 0 N–H and O–H groups in total. The van der Waals surface area contributed by atoms with Gasteiger partial charge in [0.05, 0.1) is 16.6 Å². The third-order valence-corrected chi connectivity index (χ3v) is 7.29. The van der Waals surface area contributed by atoms with Crippen molar-refractivity contribution in [3.8, 4) is 0 Å². The lowest BCUT2D eigenvalue weighted by molar-refractivity contribution is 0.0630. The first kappa shape index (κ1) is 22.5. The fourth-order valence-electron chi connectivity index (χ4n) is 4.77. The summed E-state index contributed by atoms with van der Waals surface area (Å²) in [6.45, 7) is 9.23. The molecule has 1 saturated heterocycles. The van der Waals surface area contributed by atoms with E-state index in [4.69, 9.17) is 10.1 Å². The van der Waals surface area contributed by atoms with Gasteiger partial charge in [0, 0.05) is 55.4 Å². The van der Waals surface area contributed by atoms with E-state index in [0.29, 0.717) is 5.92 Å². The Morgan fingerprint density at radius 1 is 1.15 bits per heavy atom. The molecule has 7 heteroatoms. The molecule has 174 valence electrons. The second-order valence-electron chi connectivity index (χ2n) is 9.43. The topological polar surface area (TPSA) is 54.3 Å². The molecule has 2 aromatic heterocycles. The molecular formula is C26H32BrN5O. The Morgan fingerprint density at radius 2 is 1.94 bits per heavy atom. The monoisotopic (exact) mass is 509 g/mol. The molecule has 0 radical (unpaired) electrons. The van der Waals surface area contributed by atoms with Crippen molar-refractivity contribution in [3.63, 3.8) is 0 Å². The number of hydrogen-bond acceptors (Lipinski definition) is 4. The van der Waals surface area contributed by atoms with Crippen molar-refractivity contribution in [2.75, 3.05) is 26.2 Å². The van der Waals surface area contributed by atoms with E-state index in [1.165, 1.54) is 18.4 Å². The van der Waals surface area contributed by atoms with E-state index in [-0.39, 0.29) is 5.91 Å². The summed E-state index contributed by atoms with van der Waals surface area (Å²) in [7, 11) is 0. The van der Waals surface area contributed by atoms with E-state index in [1.54, 1.807) is 0 Å². The van der Waals surface area contributed by atoms with Gasteiger partial charge in [-0.3, -0.25) is 9.69 Å². The molecule has 1 aliphatic heterocycles. The van der Waals surface area contributed by atoms with Gasteiger partial charge in [-0.2, -0.15) is 5.10 Å². The summed E-state index contributed by atoms with van der Waals surface area (Å²) >= 11 is 3.56. The lowest BCUT2D eigenvalue weighted by Gasteiger charge is -2.35. The van der Waals surface area contributed by atoms with Gasteiger partial charge in [-0.05, 0) is 49.9 Å². The number of amides is 1. The number of carbonyl (C=O) groups excluding carboxylic acids is 1. The number of aromatic nitrogens is 3. The van der Waals surface area contributed by atoms with E-state index in [0.717, 1.165) is 84.6 Å². The van der Waals surface area contributed by atoms with Crippen LogP contribution in [0.1, 0.15) is 65.8 Å². The van der Waals surface area contributed by atoms with Crippen molar-refractivity contribution in [1.29, 1.82) is 0 Å². The Morgan fingerprint density at radius 3 is 2.64 bits per heavy atom. The van der Waals surface area contributed by atoms with Crippen LogP contribution < -0.4 is 0 Å². The van der Waals surface area contributed by atoms with E-state index in [2.05, 4.69) is 58.1 Å². The maximum absolute atomic E-state index is 13.7. The van der Waals surface area contributed by atoms with E-state index in [9.17, 15) is 4.79 Å². The van der Waals surface area contributed by atoms with Crippen LogP contribution in [-0.2, 0) is 13.1 Å². The highest BCUT2D eigenvalue weighted by atomic mass is 79.9. The largest absolute Gasteiger partial charge is 0.336 e. The minimum Gasteiger partial charge on any atom is -0.336 e. The summed E-state index contributed by atoms with van der Waals surface area (Å²) in [6, 6.07) is 10.5. The van der Waals surface area contributed by atoms with Crippen LogP contribution in [-0.4, -0.2) is 56.7 Å². The average molecular weight is 510 g/mol. The van der Waals surface area contributed by atoms with Gasteiger partial charge in [-0.15, -0.1) is 0 Å². The van der Waals surface area contributed by atoms with Gasteiger partial charge in [0.25, 0.3) is 5.91 Å². The highest BCUT2D eigenvalue weighted by Gasteiger charge is 2.31. The fourth-order valence-corrected chi connectivity index (χ4v) is 5.21. The smallest absolute Gasteiger partial charge is 0.254 e. The minimum atomic E-state index is 0.129. The van der Waals surface area contributed by atoms with Crippen LogP contribution in [0.3, 0.4) is 0 Å². The second-order valence-corrected chi connectivity index (χ2v) is 10.3. The van der Waals surface area contributed by atoms with Gasteiger partial charge >= 0.3 is 0 Å². The molecule has 0 spiro atoms. The highest BCUT2D eigenvalue weighted by Crippen LogP contribution is 2.40. The number of fused-ring (bicyclic) bond motifs is 1. The molecule has 3 aromatic rings. The number of pyridine rings is 1. The third-order valence-electron chi connectivity index (χ3n) is 6.80. The zero-order valence-electron chi connectivity index (χ0n) is 19.6. The maximum atomic E-state index is 13.7. The first-order valence-electron chi connectivity index (χ1n) is 12.2. The van der Waals surface area contributed by atoms with Crippen LogP contribution in [0.15, 0.2) is 34.8 Å². The number of rotatable bonds is 7. The standard InChI is InChI=1S/C26H32BrN5O/c1-3-4-10-32-25-24(18(2)29-32)22(16-23(28-25)20-8-9-20)26(33)31-13-11-30(12-14-31)17-19-6-5-7-21(27)15-19/h5-7,15-16,20H,3-4,8-14,17H2,1-2H3. The van der Waals surface area contributed by atoms with Gasteiger partial charge in [0.2, 0.25) is 0 Å². The predicted octanol–water partition coefficient (Wildman–Crippen LogP) is 5.14. The molecule has 6 nitrogen and oxygen atoms in total. The molecule has 1 aromatic carbocycles. The summed E-state index contributed by atoms with van der Waals surface area (Å²) < 4.78 is 3.13. The molecule has 0 atom stereocenters. The number of carbonyl (C=O) groups is 1. The number of benzene rings is 1. The Hall–Kier alpha value is -2.25. The number of aryl methyl sites for hydroxylation is 2. The minimum absolute atomic E-state index is 0.129. The predicted molar refractivity (Wildman–Crippen MR) is 134 cm³/mol. The van der Waals surface area contributed by atoms with Crippen molar-refractivity contribution < 1.29 is 4.79 Å². The molecule has 2 fully saturated rings. The second kappa shape index (κ2) is 9.55. The first-order chi connectivity index (χ1) is 16.0. The average Bonchev–Trinajstić information content (AvgIpc) is 3.62. The van der Waals surface area contributed by atoms with Crippen LogP contribution >= 0.6 is 15.9 Å². The van der Waals surface area contributed by atoms with Gasteiger partial charge in [-0.1, -0.05) is 41.4 Å². The molecule has 33 heavy (non-hydrogen) atoms. The molecule has 1 saturated carbocycles. The van der Waals surface area contributed by atoms with Crippen molar-refractivity contribution in [1.82, 2.24) is 24.6 Å². The van der Waals surface area contributed by atoms with E-state index in [1.807, 2.05) is 16.5 Å². The van der Waals surface area contributed by atoms with E-state index >= 15 is 0 Å². The Kier molecular flexibility index (Phi) is 6.52. The SMILES string of the molecule is CCCCn1nc(C)c2c(C(=O)N3CCN(Cc4cccc(Br)c4)CC3)cc(C3CC3)nc21. The first-order valence-corrected chi connectivity index (χ1v) is 13.0. The summed E-state index contributed by atoms with van der Waals surface area (Å²) in [5.41, 5.74) is 4.96. The lowest BCUT2D eigenvalue weighted by atomic mass is 10.1. The van der Waals surface area contributed by atoms with Gasteiger partial charge in [-0.25, -0.2) is 9.67 Å². The Bertz CT molecular complexity index is 1160. The summed E-state index contributed by atoms with van der Waals surface area (Å²) in [4.78, 5) is 23.2. The Labute approximate surface area is 204 Å². The van der Waals surface area contributed by atoms with E-state index < -0.39 is 0 Å². The van der Waals surface area contributed by atoms with Gasteiger partial charge in [0.1, 0.15) is 0 Å². The zero-order chi connectivity index (χ0) is 22.9. The molecule has 2 aliphatic rings. The third kappa shape index (κ3) is 4.85. The molecule has 1 aliphatic carbocycles. The Balaban J connectivity index is 1.36. The molecule has 0 bridgehead atoms. The molecule has 3 heterocycles. The number of piperazine rings is 1. The van der Waals surface area contributed by atoms with Gasteiger partial charge < -0.3 is 4.90 Å². The van der Waals surface area contributed by atoms with Crippen molar-refractivity contribution in [2.24, 2.45) is 0 Å². The summed E-state index contributed by atoms with van der Waals surface area (Å²) in [5.74, 6) is 0.627. The van der Waals surface area contributed by atoms with Crippen LogP contribution in [0.5, 0.6) is 0 Å². The molecule has 5 rings (SSSR count). The van der Waals surface area contributed by atoms with Crippen molar-refractivity contribution >= 4 is 32.9 Å². The highest BCUT2D eigenvalue weighted by molar-refractivity contribution is 9.10. The number of halogens is 1. The number of unbranched alkanes of at least 4 members (excludes halogenated alkanes) is 1. The quantitative estimate of drug-likeness (QED) is 0.442. The molecular weight excluding hydrogens is 478 g/mol. The maximum Gasteiger partial charge on any atom is 0.254 e. The van der Waals surface area contributed by atoms with Crippen LogP contribution in [0, 0.1) is 6.92 Å². The summed E-state index contributed by atoms with van der Waals surface area (Å²) in [5, 5.41) is 5.72.